The first-order valence-corrected chi connectivity index (χ1v) is 17.7. The lowest BCUT2D eigenvalue weighted by Gasteiger charge is -2.35. The molecule has 3 heterocycles. The Morgan fingerprint density at radius 3 is 2.31 bits per heavy atom. The van der Waals surface area contributed by atoms with Gasteiger partial charge in [0, 0.05) is 17.2 Å². The third-order valence-electron chi connectivity index (χ3n) is 9.09. The highest BCUT2D eigenvalue weighted by molar-refractivity contribution is 8.00. The van der Waals surface area contributed by atoms with E-state index in [0.29, 0.717) is 18.5 Å². The predicted molar refractivity (Wildman–Crippen MR) is 183 cm³/mol. The second-order valence-corrected chi connectivity index (χ2v) is 15.2. The van der Waals surface area contributed by atoms with Gasteiger partial charge >= 0.3 is 5.97 Å². The Kier molecular flexibility index (Phi) is 12.2. The van der Waals surface area contributed by atoms with Crippen molar-refractivity contribution in [2.75, 3.05) is 19.9 Å². The van der Waals surface area contributed by atoms with Gasteiger partial charge in [0.15, 0.2) is 0 Å². The third kappa shape index (κ3) is 8.49. The van der Waals surface area contributed by atoms with Crippen LogP contribution in [0.5, 0.6) is 0 Å². The Hall–Kier alpha value is -3.65. The van der Waals surface area contributed by atoms with Crippen molar-refractivity contribution in [3.8, 4) is 0 Å². The molecule has 4 N–H and O–H groups in total. The molecule has 5 amide bonds. The van der Waals surface area contributed by atoms with Crippen molar-refractivity contribution in [1.29, 1.82) is 0 Å². The molecule has 262 valence electrons. The molecule has 1 aromatic carbocycles. The molecule has 4 rings (SSSR count). The number of benzene rings is 1. The average molecular weight is 705 g/mol. The maximum atomic E-state index is 14.1. The van der Waals surface area contributed by atoms with E-state index in [1.54, 1.807) is 19.9 Å². The molecule has 0 aromatic heterocycles. The van der Waals surface area contributed by atoms with Crippen LogP contribution in [0.1, 0.15) is 71.3 Å². The number of para-hydroxylation sites is 1. The Morgan fingerprint density at radius 1 is 1.00 bits per heavy atom. The Bertz CT molecular complexity index is 1470. The summed E-state index contributed by atoms with van der Waals surface area (Å²) in [5.74, 6) is -4.47. The van der Waals surface area contributed by atoms with Crippen molar-refractivity contribution in [3.05, 3.63) is 29.8 Å². The highest BCUT2D eigenvalue weighted by Crippen LogP contribution is 2.39. The Balaban J connectivity index is 1.79. The molecule has 0 saturated carbocycles. The van der Waals surface area contributed by atoms with Crippen LogP contribution in [0.2, 0.25) is 0 Å². The zero-order valence-electron chi connectivity index (χ0n) is 28.1. The number of esters is 1. The Morgan fingerprint density at radius 2 is 1.65 bits per heavy atom. The van der Waals surface area contributed by atoms with Crippen molar-refractivity contribution >= 4 is 69.7 Å². The normalized spacial score (nSPS) is 27.1. The molecular formula is C33H45ClN6O7S. The van der Waals surface area contributed by atoms with Crippen molar-refractivity contribution in [1.82, 2.24) is 26.2 Å². The van der Waals surface area contributed by atoms with E-state index >= 15 is 0 Å². The molecule has 48 heavy (non-hydrogen) atoms. The van der Waals surface area contributed by atoms with Gasteiger partial charge in [0.25, 0.3) is 0 Å². The summed E-state index contributed by atoms with van der Waals surface area (Å²) in [5.41, 5.74) is 1.40. The number of aliphatic imine (C=N–C) groups is 1. The van der Waals surface area contributed by atoms with E-state index < -0.39 is 82.8 Å². The fourth-order valence-electron chi connectivity index (χ4n) is 6.26. The average Bonchev–Trinajstić information content (AvgIpc) is 3.65. The number of nitrogens with one attached hydrogen (secondary N) is 4. The second kappa shape index (κ2) is 15.7. The number of halogens is 1. The summed E-state index contributed by atoms with van der Waals surface area (Å²) in [6.07, 6.45) is 2.35. The highest BCUT2D eigenvalue weighted by atomic mass is 35.5. The van der Waals surface area contributed by atoms with Crippen LogP contribution >= 0.6 is 23.4 Å². The van der Waals surface area contributed by atoms with E-state index in [2.05, 4.69) is 26.3 Å². The summed E-state index contributed by atoms with van der Waals surface area (Å²) in [6.45, 7) is 7.61. The van der Waals surface area contributed by atoms with Crippen molar-refractivity contribution in [2.45, 2.75) is 101 Å². The molecule has 1 aromatic rings. The number of methoxy groups -OCH3 is 1. The summed E-state index contributed by atoms with van der Waals surface area (Å²) < 4.78 is 4.03. The molecule has 0 spiro atoms. The second-order valence-electron chi connectivity index (χ2n) is 13.3. The van der Waals surface area contributed by atoms with Crippen LogP contribution in [0.25, 0.3) is 0 Å². The smallest absolute Gasteiger partial charge is 0.308 e. The number of hydrogen-bond donors (Lipinski definition) is 4. The summed E-state index contributed by atoms with van der Waals surface area (Å²) in [4.78, 5) is 88.1. The van der Waals surface area contributed by atoms with Crippen LogP contribution in [-0.2, 0) is 33.5 Å². The van der Waals surface area contributed by atoms with Crippen molar-refractivity contribution in [2.24, 2.45) is 10.9 Å². The molecule has 0 aliphatic carbocycles. The Labute approximate surface area is 290 Å². The number of nitrogens with zero attached hydrogens (tertiary/aromatic N) is 2. The quantitative estimate of drug-likeness (QED) is 0.298. The van der Waals surface area contributed by atoms with Crippen molar-refractivity contribution < 1.29 is 33.5 Å². The van der Waals surface area contributed by atoms with Crippen LogP contribution in [0.15, 0.2) is 29.3 Å². The number of thioether (sulfide) groups is 1. The van der Waals surface area contributed by atoms with Gasteiger partial charge in [-0.25, -0.2) is 4.99 Å². The fourth-order valence-corrected chi connectivity index (χ4v) is 6.96. The van der Waals surface area contributed by atoms with Gasteiger partial charge in [-0.15, -0.1) is 0 Å². The van der Waals surface area contributed by atoms with Crippen LogP contribution in [-0.4, -0.2) is 100 Å². The molecule has 3 aliphatic heterocycles. The van der Waals surface area contributed by atoms with Crippen LogP contribution < -0.4 is 21.3 Å². The number of carbonyl (C=O) groups excluding carboxylic acids is 6. The SMILES string of the molecule is COC(=O)C[C@H]1NC(=O)[C@@H](CC2C(Cl)=Nc3ccccc32)NC(=O)[C@H](CC(C)C)NC(=O)[C@@H](C(C)(C)SC)NC(=O)[C@@H]2CCCN2C1=O. The first kappa shape index (κ1) is 37.2. The molecule has 0 radical (unpaired) electrons. The van der Waals surface area contributed by atoms with Crippen LogP contribution in [0.3, 0.4) is 0 Å². The first-order valence-electron chi connectivity index (χ1n) is 16.1. The van der Waals surface area contributed by atoms with E-state index in [0.717, 1.165) is 5.56 Å². The number of amides is 5. The molecule has 6 atom stereocenters. The summed E-state index contributed by atoms with van der Waals surface area (Å²) in [6, 6.07) is 1.53. The van der Waals surface area contributed by atoms with Gasteiger partial charge in [-0.1, -0.05) is 43.6 Å². The van der Waals surface area contributed by atoms with E-state index in [9.17, 15) is 28.8 Å². The van der Waals surface area contributed by atoms with Gasteiger partial charge < -0.3 is 30.9 Å². The minimum absolute atomic E-state index is 0.0209. The molecule has 15 heteroatoms. The van der Waals surface area contributed by atoms with Gasteiger partial charge in [0.1, 0.15) is 35.4 Å². The van der Waals surface area contributed by atoms with Gasteiger partial charge in [-0.05, 0) is 63.3 Å². The molecule has 2 saturated heterocycles. The molecule has 2 fully saturated rings. The minimum atomic E-state index is -1.40. The topological polar surface area (TPSA) is 175 Å². The van der Waals surface area contributed by atoms with Gasteiger partial charge in [-0.3, -0.25) is 28.8 Å². The highest BCUT2D eigenvalue weighted by Gasteiger charge is 2.44. The van der Waals surface area contributed by atoms with E-state index in [4.69, 9.17) is 16.3 Å². The number of hydrogen-bond acceptors (Lipinski definition) is 9. The molecule has 13 nitrogen and oxygen atoms in total. The van der Waals surface area contributed by atoms with Crippen molar-refractivity contribution in [3.63, 3.8) is 0 Å². The number of carbonyl (C=O) groups is 6. The number of fused-ring (bicyclic) bond motifs is 2. The van der Waals surface area contributed by atoms with Gasteiger partial charge in [-0.2, -0.15) is 11.8 Å². The predicted octanol–water partition coefficient (Wildman–Crippen LogP) is 2.14. The first-order chi connectivity index (χ1) is 22.7. The maximum absolute atomic E-state index is 14.1. The zero-order chi connectivity index (χ0) is 35.3. The maximum Gasteiger partial charge on any atom is 0.308 e. The molecule has 0 bridgehead atoms. The number of rotatable bonds is 8. The largest absolute Gasteiger partial charge is 0.469 e. The minimum Gasteiger partial charge on any atom is -0.469 e. The lowest BCUT2D eigenvalue weighted by Crippen LogP contribution is -2.62. The van der Waals surface area contributed by atoms with E-state index in [1.165, 1.54) is 23.8 Å². The summed E-state index contributed by atoms with van der Waals surface area (Å²) >= 11 is 7.94. The molecule has 1 unspecified atom stereocenters. The fraction of sp³-hybridized carbons (Fsp3) is 0.606. The summed E-state index contributed by atoms with van der Waals surface area (Å²) in [5, 5.41) is 11.4. The van der Waals surface area contributed by atoms with Crippen LogP contribution in [0, 0.1) is 5.92 Å². The molecule has 3 aliphatic rings. The lowest BCUT2D eigenvalue weighted by atomic mass is 9.92. The van der Waals surface area contributed by atoms with Gasteiger partial charge in [0.05, 0.1) is 19.2 Å². The third-order valence-corrected chi connectivity index (χ3v) is 10.7. The molecular weight excluding hydrogens is 660 g/mol. The number of ether oxygens (including phenoxy) is 1. The lowest BCUT2D eigenvalue weighted by molar-refractivity contribution is -0.147. The van der Waals surface area contributed by atoms with E-state index in [1.807, 2.05) is 38.3 Å². The zero-order valence-corrected chi connectivity index (χ0v) is 29.7. The van der Waals surface area contributed by atoms with Gasteiger partial charge in [0.2, 0.25) is 29.5 Å². The monoisotopic (exact) mass is 704 g/mol. The van der Waals surface area contributed by atoms with Crippen LogP contribution in [0.4, 0.5) is 5.69 Å². The summed E-state index contributed by atoms with van der Waals surface area (Å²) in [7, 11) is 1.17. The van der Waals surface area contributed by atoms with E-state index in [-0.39, 0.29) is 30.5 Å². The standard InChI is InChI=1S/C33H45ClN6O7S/c1-17(2)14-21-28(42)36-22(15-19-18-10-7-8-11-20(18)35-27(19)34)29(43)38-23(16-25(41)47-5)32(46)40-13-9-12-24(40)30(44)39-26(31(45)37-21)33(3,4)48-6/h7-8,10-11,17,19,21-24,26H,9,12-16H2,1-6H3,(H,36,42)(H,37,45)(H,38,43)(H,39,44)/t19?,21-,22+,23+,24-,26-/m0/s1.